The van der Waals surface area contributed by atoms with Gasteiger partial charge in [-0.2, -0.15) is 13.2 Å². The Hall–Kier alpha value is -0.300. The average molecular weight is 305 g/mol. The minimum absolute atomic E-state index is 0.0386. The van der Waals surface area contributed by atoms with E-state index in [1.54, 1.807) is 0 Å². The molecule has 0 aliphatic rings. The Labute approximate surface area is 101 Å². The standard InChI is InChI=1S/C9H16BrF3N2O/c1-2-7(10)6-15(5-3-4-14)8(16)9(11,12)13/h7H,2-6,14H2,1H3. The Kier molecular flexibility index (Phi) is 6.98. The maximum Gasteiger partial charge on any atom is 0.471 e. The molecule has 0 fully saturated rings. The molecule has 1 atom stereocenters. The van der Waals surface area contributed by atoms with E-state index in [4.69, 9.17) is 5.73 Å². The van der Waals surface area contributed by atoms with Crippen LogP contribution in [0.4, 0.5) is 13.2 Å². The van der Waals surface area contributed by atoms with Gasteiger partial charge in [0.25, 0.3) is 0 Å². The number of rotatable bonds is 6. The van der Waals surface area contributed by atoms with E-state index >= 15 is 0 Å². The molecule has 7 heteroatoms. The molecular weight excluding hydrogens is 289 g/mol. The first-order valence-corrected chi connectivity index (χ1v) is 5.94. The van der Waals surface area contributed by atoms with Gasteiger partial charge in [-0.1, -0.05) is 22.9 Å². The van der Waals surface area contributed by atoms with Crippen LogP contribution in [0.5, 0.6) is 0 Å². The molecule has 0 aromatic heterocycles. The van der Waals surface area contributed by atoms with Gasteiger partial charge in [0.1, 0.15) is 0 Å². The monoisotopic (exact) mass is 304 g/mol. The fourth-order valence-electron chi connectivity index (χ4n) is 1.11. The lowest BCUT2D eigenvalue weighted by molar-refractivity contribution is -0.185. The van der Waals surface area contributed by atoms with E-state index in [9.17, 15) is 18.0 Å². The third kappa shape index (κ3) is 5.69. The van der Waals surface area contributed by atoms with Crippen LogP contribution >= 0.6 is 15.9 Å². The van der Waals surface area contributed by atoms with Crippen LogP contribution in [-0.2, 0) is 4.79 Å². The second kappa shape index (κ2) is 7.11. The summed E-state index contributed by atoms with van der Waals surface area (Å²) < 4.78 is 36.7. The Bertz CT molecular complexity index is 223. The molecule has 0 aromatic carbocycles. The molecule has 2 N–H and O–H groups in total. The first kappa shape index (κ1) is 15.7. The van der Waals surface area contributed by atoms with Crippen molar-refractivity contribution in [3.8, 4) is 0 Å². The van der Waals surface area contributed by atoms with E-state index in [1.165, 1.54) is 0 Å². The summed E-state index contributed by atoms with van der Waals surface area (Å²) in [5, 5.41) is 0. The molecule has 1 unspecified atom stereocenters. The highest BCUT2D eigenvalue weighted by Gasteiger charge is 2.42. The Morgan fingerprint density at radius 2 is 2.06 bits per heavy atom. The quantitative estimate of drug-likeness (QED) is 0.762. The number of alkyl halides is 4. The summed E-state index contributed by atoms with van der Waals surface area (Å²) in [6.45, 7) is 2.19. The number of hydrogen-bond acceptors (Lipinski definition) is 2. The molecular formula is C9H16BrF3N2O. The third-order valence-electron chi connectivity index (χ3n) is 2.02. The zero-order valence-corrected chi connectivity index (χ0v) is 10.6. The number of carbonyl (C=O) groups is 1. The second-order valence-electron chi connectivity index (χ2n) is 3.40. The van der Waals surface area contributed by atoms with Gasteiger partial charge < -0.3 is 10.6 Å². The smallest absolute Gasteiger partial charge is 0.334 e. The number of nitrogens with zero attached hydrogens (tertiary/aromatic N) is 1. The lowest BCUT2D eigenvalue weighted by Crippen LogP contribution is -2.44. The largest absolute Gasteiger partial charge is 0.471 e. The van der Waals surface area contributed by atoms with Crippen LogP contribution in [0, 0.1) is 0 Å². The van der Waals surface area contributed by atoms with Crippen molar-refractivity contribution in [2.45, 2.75) is 30.8 Å². The Morgan fingerprint density at radius 1 is 1.50 bits per heavy atom. The molecule has 96 valence electrons. The van der Waals surface area contributed by atoms with Crippen LogP contribution < -0.4 is 5.73 Å². The average Bonchev–Trinajstić information content (AvgIpc) is 2.21. The van der Waals surface area contributed by atoms with E-state index in [-0.39, 0.29) is 24.5 Å². The van der Waals surface area contributed by atoms with Crippen molar-refractivity contribution in [1.29, 1.82) is 0 Å². The minimum atomic E-state index is -4.81. The zero-order chi connectivity index (χ0) is 12.8. The highest BCUT2D eigenvalue weighted by atomic mass is 79.9. The second-order valence-corrected chi connectivity index (χ2v) is 4.69. The molecule has 3 nitrogen and oxygen atoms in total. The molecule has 0 spiro atoms. The Balaban J connectivity index is 4.47. The maximum atomic E-state index is 12.2. The molecule has 0 heterocycles. The van der Waals surface area contributed by atoms with Crippen molar-refractivity contribution in [2.75, 3.05) is 19.6 Å². The van der Waals surface area contributed by atoms with Crippen molar-refractivity contribution < 1.29 is 18.0 Å². The van der Waals surface area contributed by atoms with Gasteiger partial charge in [0.15, 0.2) is 0 Å². The summed E-state index contributed by atoms with van der Waals surface area (Å²) in [7, 11) is 0. The lowest BCUT2D eigenvalue weighted by atomic mass is 10.3. The molecule has 0 radical (unpaired) electrons. The molecule has 0 aromatic rings. The van der Waals surface area contributed by atoms with Crippen molar-refractivity contribution in [1.82, 2.24) is 4.90 Å². The molecule has 0 aliphatic carbocycles. The van der Waals surface area contributed by atoms with Crippen molar-refractivity contribution in [2.24, 2.45) is 5.73 Å². The van der Waals surface area contributed by atoms with Gasteiger partial charge in [-0.15, -0.1) is 0 Å². The zero-order valence-electron chi connectivity index (χ0n) is 9.06. The van der Waals surface area contributed by atoms with Crippen LogP contribution in [0.3, 0.4) is 0 Å². The molecule has 0 saturated carbocycles. The number of carbonyl (C=O) groups excluding carboxylic acids is 1. The van der Waals surface area contributed by atoms with E-state index in [0.29, 0.717) is 12.8 Å². The van der Waals surface area contributed by atoms with Gasteiger partial charge in [0.05, 0.1) is 0 Å². The third-order valence-corrected chi connectivity index (χ3v) is 2.96. The summed E-state index contributed by atoms with van der Waals surface area (Å²) in [4.78, 5) is 11.7. The van der Waals surface area contributed by atoms with Crippen LogP contribution in [0.25, 0.3) is 0 Å². The van der Waals surface area contributed by atoms with E-state index in [1.807, 2.05) is 6.92 Å². The minimum Gasteiger partial charge on any atom is -0.334 e. The number of halogens is 4. The van der Waals surface area contributed by atoms with E-state index in [2.05, 4.69) is 15.9 Å². The first-order chi connectivity index (χ1) is 7.32. The predicted octanol–water partition coefficient (Wildman–Crippen LogP) is 1.90. The Morgan fingerprint density at radius 3 is 2.44 bits per heavy atom. The molecule has 0 bridgehead atoms. The number of hydrogen-bond donors (Lipinski definition) is 1. The van der Waals surface area contributed by atoms with Crippen LogP contribution in [0.1, 0.15) is 19.8 Å². The summed E-state index contributed by atoms with van der Waals surface area (Å²) in [6.07, 6.45) is -3.79. The van der Waals surface area contributed by atoms with Crippen molar-refractivity contribution in [3.05, 3.63) is 0 Å². The van der Waals surface area contributed by atoms with Crippen LogP contribution in [0.15, 0.2) is 0 Å². The fraction of sp³-hybridized carbons (Fsp3) is 0.889. The van der Waals surface area contributed by atoms with Gasteiger partial charge in [-0.05, 0) is 19.4 Å². The molecule has 16 heavy (non-hydrogen) atoms. The maximum absolute atomic E-state index is 12.2. The summed E-state index contributed by atoms with van der Waals surface area (Å²) in [5.41, 5.74) is 5.22. The van der Waals surface area contributed by atoms with Gasteiger partial charge in [0, 0.05) is 17.9 Å². The predicted molar refractivity (Wildman–Crippen MR) is 59.3 cm³/mol. The molecule has 0 rings (SSSR count). The summed E-state index contributed by atoms with van der Waals surface area (Å²) in [6, 6.07) is 0. The number of amides is 1. The van der Waals surface area contributed by atoms with Crippen molar-refractivity contribution >= 4 is 21.8 Å². The van der Waals surface area contributed by atoms with Crippen LogP contribution in [0.2, 0.25) is 0 Å². The van der Waals surface area contributed by atoms with E-state index < -0.39 is 12.1 Å². The van der Waals surface area contributed by atoms with Gasteiger partial charge in [0.2, 0.25) is 0 Å². The van der Waals surface area contributed by atoms with E-state index in [0.717, 1.165) is 4.90 Å². The topological polar surface area (TPSA) is 46.3 Å². The highest BCUT2D eigenvalue weighted by Crippen LogP contribution is 2.20. The SMILES string of the molecule is CCC(Br)CN(CCCN)C(=O)C(F)(F)F. The molecule has 0 aliphatic heterocycles. The fourth-order valence-corrected chi connectivity index (χ4v) is 1.45. The first-order valence-electron chi connectivity index (χ1n) is 5.03. The van der Waals surface area contributed by atoms with Gasteiger partial charge in [-0.3, -0.25) is 4.79 Å². The number of nitrogens with two attached hydrogens (primary N) is 1. The van der Waals surface area contributed by atoms with Gasteiger partial charge >= 0.3 is 12.1 Å². The summed E-state index contributed by atoms with van der Waals surface area (Å²) in [5.74, 6) is -1.79. The van der Waals surface area contributed by atoms with Gasteiger partial charge in [-0.25, -0.2) is 0 Å². The highest BCUT2D eigenvalue weighted by molar-refractivity contribution is 9.09. The molecule has 1 amide bonds. The molecule has 0 saturated heterocycles. The summed E-state index contributed by atoms with van der Waals surface area (Å²) >= 11 is 3.21. The normalized spacial score (nSPS) is 13.6. The lowest BCUT2D eigenvalue weighted by Gasteiger charge is -2.25. The van der Waals surface area contributed by atoms with Crippen LogP contribution in [-0.4, -0.2) is 41.4 Å². The van der Waals surface area contributed by atoms with Crippen molar-refractivity contribution in [3.63, 3.8) is 0 Å².